The summed E-state index contributed by atoms with van der Waals surface area (Å²) in [4.78, 5) is 13.3. The standard InChI is InChI=1S/C12H25NO2/c1-9(2)7-13(10(3)4)8-12(5,6)11(14)15/h9-10H,7-8H2,1-6H3,(H,14,15). The minimum absolute atomic E-state index is 0.394. The maximum Gasteiger partial charge on any atom is 0.310 e. The molecule has 0 fully saturated rings. The van der Waals surface area contributed by atoms with Gasteiger partial charge in [-0.3, -0.25) is 9.69 Å². The molecule has 0 aliphatic carbocycles. The third-order valence-corrected chi connectivity index (χ3v) is 2.51. The van der Waals surface area contributed by atoms with Crippen molar-refractivity contribution in [2.24, 2.45) is 11.3 Å². The Bertz CT molecular complexity index is 210. The van der Waals surface area contributed by atoms with Gasteiger partial charge < -0.3 is 5.11 Å². The quantitative estimate of drug-likeness (QED) is 0.740. The van der Waals surface area contributed by atoms with Gasteiger partial charge in [0.25, 0.3) is 0 Å². The number of hydrogen-bond donors (Lipinski definition) is 1. The van der Waals surface area contributed by atoms with Crippen LogP contribution in [0.15, 0.2) is 0 Å². The Balaban J connectivity index is 4.47. The maximum atomic E-state index is 11.0. The van der Waals surface area contributed by atoms with Crippen molar-refractivity contribution in [1.29, 1.82) is 0 Å². The Morgan fingerprint density at radius 3 is 2.00 bits per heavy atom. The molecule has 0 aliphatic heterocycles. The van der Waals surface area contributed by atoms with Crippen LogP contribution in [0.2, 0.25) is 0 Å². The summed E-state index contributed by atoms with van der Waals surface area (Å²) in [5.41, 5.74) is -0.667. The molecule has 0 radical (unpaired) electrons. The summed E-state index contributed by atoms with van der Waals surface area (Å²) in [6.45, 7) is 13.7. The highest BCUT2D eigenvalue weighted by molar-refractivity contribution is 5.73. The fourth-order valence-corrected chi connectivity index (χ4v) is 1.50. The van der Waals surface area contributed by atoms with Crippen LogP contribution in [0.1, 0.15) is 41.5 Å². The van der Waals surface area contributed by atoms with Crippen molar-refractivity contribution in [1.82, 2.24) is 4.90 Å². The van der Waals surface area contributed by atoms with Crippen molar-refractivity contribution in [3.63, 3.8) is 0 Å². The second kappa shape index (κ2) is 5.50. The monoisotopic (exact) mass is 215 g/mol. The Kier molecular flexibility index (Phi) is 5.29. The molecule has 90 valence electrons. The lowest BCUT2D eigenvalue weighted by Crippen LogP contribution is -2.44. The van der Waals surface area contributed by atoms with Gasteiger partial charge in [-0.05, 0) is 33.6 Å². The number of nitrogens with zero attached hydrogens (tertiary/aromatic N) is 1. The first-order chi connectivity index (χ1) is 6.66. The van der Waals surface area contributed by atoms with E-state index in [1.54, 1.807) is 13.8 Å². The molecule has 15 heavy (non-hydrogen) atoms. The molecule has 0 aliphatic rings. The zero-order valence-corrected chi connectivity index (χ0v) is 10.9. The van der Waals surface area contributed by atoms with Gasteiger partial charge in [0.05, 0.1) is 5.41 Å². The van der Waals surface area contributed by atoms with Crippen LogP contribution in [0.5, 0.6) is 0 Å². The van der Waals surface area contributed by atoms with E-state index >= 15 is 0 Å². The van der Waals surface area contributed by atoms with Gasteiger partial charge in [0.15, 0.2) is 0 Å². The van der Waals surface area contributed by atoms with Crippen molar-refractivity contribution in [3.8, 4) is 0 Å². The van der Waals surface area contributed by atoms with Gasteiger partial charge in [-0.25, -0.2) is 0 Å². The van der Waals surface area contributed by atoms with Crippen LogP contribution in [0.3, 0.4) is 0 Å². The van der Waals surface area contributed by atoms with Gasteiger partial charge in [0, 0.05) is 19.1 Å². The predicted octanol–water partition coefficient (Wildman–Crippen LogP) is 2.46. The molecule has 0 aromatic rings. The lowest BCUT2D eigenvalue weighted by molar-refractivity contribution is -0.148. The Hall–Kier alpha value is -0.570. The predicted molar refractivity (Wildman–Crippen MR) is 63.0 cm³/mol. The van der Waals surface area contributed by atoms with Gasteiger partial charge in [0.2, 0.25) is 0 Å². The van der Waals surface area contributed by atoms with Crippen molar-refractivity contribution >= 4 is 5.97 Å². The van der Waals surface area contributed by atoms with E-state index in [-0.39, 0.29) is 0 Å². The van der Waals surface area contributed by atoms with Gasteiger partial charge in [-0.15, -0.1) is 0 Å². The Morgan fingerprint density at radius 2 is 1.73 bits per heavy atom. The minimum atomic E-state index is -0.725. The first kappa shape index (κ1) is 14.4. The SMILES string of the molecule is CC(C)CN(CC(C)(C)C(=O)O)C(C)C. The van der Waals surface area contributed by atoms with E-state index in [4.69, 9.17) is 5.11 Å². The fraction of sp³-hybridized carbons (Fsp3) is 0.917. The molecule has 0 rings (SSSR count). The topological polar surface area (TPSA) is 40.5 Å². The highest BCUT2D eigenvalue weighted by atomic mass is 16.4. The van der Waals surface area contributed by atoms with Crippen molar-refractivity contribution in [2.75, 3.05) is 13.1 Å². The average molecular weight is 215 g/mol. The van der Waals surface area contributed by atoms with Gasteiger partial charge in [0.1, 0.15) is 0 Å². The summed E-state index contributed by atoms with van der Waals surface area (Å²) in [5.74, 6) is -0.158. The number of hydrogen-bond acceptors (Lipinski definition) is 2. The van der Waals surface area contributed by atoms with E-state index in [1.807, 2.05) is 0 Å². The molecule has 0 spiro atoms. The van der Waals surface area contributed by atoms with E-state index in [1.165, 1.54) is 0 Å². The van der Waals surface area contributed by atoms with Crippen LogP contribution >= 0.6 is 0 Å². The molecule has 1 N–H and O–H groups in total. The van der Waals surface area contributed by atoms with Crippen LogP contribution in [0, 0.1) is 11.3 Å². The molecule has 0 saturated heterocycles. The number of carboxylic acids is 1. The summed E-state index contributed by atoms with van der Waals surface area (Å²) >= 11 is 0. The lowest BCUT2D eigenvalue weighted by atomic mass is 9.92. The number of carboxylic acid groups (broad SMARTS) is 1. The minimum Gasteiger partial charge on any atom is -0.481 e. The summed E-state index contributed by atoms with van der Waals surface area (Å²) in [5, 5.41) is 9.08. The van der Waals surface area contributed by atoms with Gasteiger partial charge in [-0.2, -0.15) is 0 Å². The largest absolute Gasteiger partial charge is 0.481 e. The second-order valence-electron chi connectivity index (χ2n) is 5.61. The van der Waals surface area contributed by atoms with E-state index in [2.05, 4.69) is 32.6 Å². The second-order valence-corrected chi connectivity index (χ2v) is 5.61. The summed E-state index contributed by atoms with van der Waals surface area (Å²) in [6, 6.07) is 0.394. The third-order valence-electron chi connectivity index (χ3n) is 2.51. The molecule has 3 heteroatoms. The van der Waals surface area contributed by atoms with Crippen LogP contribution in [0.4, 0.5) is 0 Å². The molecular formula is C12H25NO2. The average Bonchev–Trinajstić information content (AvgIpc) is 2.01. The highest BCUT2D eigenvalue weighted by Gasteiger charge is 2.30. The number of carbonyl (C=O) groups is 1. The van der Waals surface area contributed by atoms with E-state index in [0.717, 1.165) is 6.54 Å². The summed E-state index contributed by atoms with van der Waals surface area (Å²) in [7, 11) is 0. The van der Waals surface area contributed by atoms with Crippen LogP contribution in [-0.2, 0) is 4.79 Å². The fourth-order valence-electron chi connectivity index (χ4n) is 1.50. The molecule has 3 nitrogen and oxygen atoms in total. The molecular weight excluding hydrogens is 190 g/mol. The Morgan fingerprint density at radius 1 is 1.27 bits per heavy atom. The highest BCUT2D eigenvalue weighted by Crippen LogP contribution is 2.19. The Labute approximate surface area is 93.5 Å². The number of rotatable bonds is 6. The molecule has 0 atom stereocenters. The first-order valence-corrected chi connectivity index (χ1v) is 5.64. The van der Waals surface area contributed by atoms with Gasteiger partial charge in [-0.1, -0.05) is 13.8 Å². The van der Waals surface area contributed by atoms with Gasteiger partial charge >= 0.3 is 5.97 Å². The van der Waals surface area contributed by atoms with Crippen molar-refractivity contribution in [3.05, 3.63) is 0 Å². The maximum absolute atomic E-state index is 11.0. The third kappa shape index (κ3) is 5.17. The molecule has 0 saturated carbocycles. The molecule has 0 bridgehead atoms. The van der Waals surface area contributed by atoms with Crippen LogP contribution in [0.25, 0.3) is 0 Å². The zero-order valence-electron chi connectivity index (χ0n) is 10.9. The molecule has 0 aromatic heterocycles. The smallest absolute Gasteiger partial charge is 0.310 e. The first-order valence-electron chi connectivity index (χ1n) is 5.64. The summed E-state index contributed by atoms with van der Waals surface area (Å²) < 4.78 is 0. The summed E-state index contributed by atoms with van der Waals surface area (Å²) in [6.07, 6.45) is 0. The van der Waals surface area contributed by atoms with Crippen LogP contribution < -0.4 is 0 Å². The van der Waals surface area contributed by atoms with Crippen LogP contribution in [-0.4, -0.2) is 35.1 Å². The van der Waals surface area contributed by atoms with Crippen molar-refractivity contribution in [2.45, 2.75) is 47.6 Å². The lowest BCUT2D eigenvalue weighted by Gasteiger charge is -2.33. The molecule has 0 amide bonds. The zero-order chi connectivity index (χ0) is 12.2. The van der Waals surface area contributed by atoms with E-state index < -0.39 is 11.4 Å². The van der Waals surface area contributed by atoms with Crippen molar-refractivity contribution < 1.29 is 9.90 Å². The number of aliphatic carboxylic acids is 1. The normalized spacial score (nSPS) is 12.9. The van der Waals surface area contributed by atoms with E-state index in [9.17, 15) is 4.79 Å². The molecule has 0 heterocycles. The van der Waals surface area contributed by atoms with E-state index in [0.29, 0.717) is 18.5 Å². The molecule has 0 aromatic carbocycles. The molecule has 0 unspecified atom stereocenters.